The molecule has 0 fully saturated rings. The number of hydrogen-bond acceptors (Lipinski definition) is 0. The standard InChI is InChI=1S/C24H30N4.BF4.Co/c1-5-13-21-22(14-6-1)26-18-10-4-12-20-28-24-16-8-2-7-15-23(24)27-19-11-3-9-17-25-21;2-1(3,4)5;/h1-2,5-8,13-16H,3-4,9-12,17-20H2;;/q-2;-1;+3. The average molecular weight is 520 g/mol. The third kappa shape index (κ3) is 14.0. The van der Waals surface area contributed by atoms with Gasteiger partial charge in [0, 0.05) is 60.7 Å². The van der Waals surface area contributed by atoms with Crippen LogP contribution in [0.4, 0.5) is 40.0 Å². The summed E-state index contributed by atoms with van der Waals surface area (Å²) in [5.74, 6) is 0. The Labute approximate surface area is 210 Å². The van der Waals surface area contributed by atoms with Gasteiger partial charge in [-0.1, -0.05) is 38.5 Å². The molecule has 3 rings (SSSR count). The molecule has 0 radical (unpaired) electrons. The molecule has 1 aliphatic heterocycles. The van der Waals surface area contributed by atoms with E-state index < -0.39 is 7.25 Å². The van der Waals surface area contributed by atoms with Crippen molar-refractivity contribution in [3.63, 3.8) is 0 Å². The van der Waals surface area contributed by atoms with E-state index in [0.29, 0.717) is 0 Å². The van der Waals surface area contributed by atoms with Gasteiger partial charge in [-0.25, -0.2) is 0 Å². The molecule has 2 aromatic rings. The molecule has 10 heteroatoms. The van der Waals surface area contributed by atoms with Crippen LogP contribution in [-0.4, -0.2) is 33.4 Å². The van der Waals surface area contributed by atoms with Crippen molar-refractivity contribution in [1.82, 2.24) is 0 Å². The summed E-state index contributed by atoms with van der Waals surface area (Å²) in [4.78, 5) is 0. The summed E-state index contributed by atoms with van der Waals surface area (Å²) in [7, 11) is -6.00. The van der Waals surface area contributed by atoms with Gasteiger partial charge >= 0.3 is 24.0 Å². The van der Waals surface area contributed by atoms with Gasteiger partial charge in [0.15, 0.2) is 0 Å². The Balaban J connectivity index is 0.000000873. The van der Waals surface area contributed by atoms with Crippen molar-refractivity contribution in [1.29, 1.82) is 0 Å². The first-order chi connectivity index (χ1) is 15.9. The smallest absolute Gasteiger partial charge is 0.662 e. The van der Waals surface area contributed by atoms with Gasteiger partial charge in [-0.05, 0) is 22.7 Å². The maximum atomic E-state index is 9.75. The van der Waals surface area contributed by atoms with Gasteiger partial charge in [0.25, 0.3) is 0 Å². The number of fused-ring (bicyclic) bond motifs is 2. The fourth-order valence-corrected chi connectivity index (χ4v) is 3.19. The van der Waals surface area contributed by atoms with Crippen molar-refractivity contribution in [3.05, 3.63) is 81.9 Å². The average Bonchev–Trinajstić information content (AvgIpc) is 3.11. The van der Waals surface area contributed by atoms with E-state index in [1.54, 1.807) is 0 Å². The molecule has 0 atom stereocenters. The second kappa shape index (κ2) is 17.2. The van der Waals surface area contributed by atoms with Gasteiger partial charge in [-0.2, -0.15) is 0 Å². The molecule has 1 aliphatic rings. The molecule has 1 heterocycles. The minimum atomic E-state index is -6.00. The monoisotopic (exact) mass is 520 g/mol. The summed E-state index contributed by atoms with van der Waals surface area (Å²) >= 11 is 0. The first kappa shape index (κ1) is 29.7. The van der Waals surface area contributed by atoms with Crippen LogP contribution in [0.1, 0.15) is 38.5 Å². The predicted octanol–water partition coefficient (Wildman–Crippen LogP) is 9.62. The summed E-state index contributed by atoms with van der Waals surface area (Å²) < 4.78 is 39.0. The van der Waals surface area contributed by atoms with Crippen LogP contribution >= 0.6 is 0 Å². The largest absolute Gasteiger partial charge is 3.00 e. The Morgan fingerprint density at radius 2 is 0.941 bits per heavy atom. The predicted molar refractivity (Wildman–Crippen MR) is 131 cm³/mol. The van der Waals surface area contributed by atoms with Gasteiger partial charge in [-0.15, -0.1) is 26.2 Å². The topological polar surface area (TPSA) is 56.4 Å². The summed E-state index contributed by atoms with van der Waals surface area (Å²) in [5, 5.41) is 19.2. The Kier molecular flexibility index (Phi) is 15.0. The molecule has 0 bridgehead atoms. The number of nitrogens with zero attached hydrogens (tertiary/aromatic N) is 4. The van der Waals surface area contributed by atoms with E-state index in [4.69, 9.17) is 21.3 Å². The van der Waals surface area contributed by atoms with E-state index in [-0.39, 0.29) is 16.8 Å². The first-order valence-electron chi connectivity index (χ1n) is 11.4. The second-order valence-electron chi connectivity index (χ2n) is 7.51. The Bertz CT molecular complexity index is 716. The molecule has 0 N–H and O–H groups in total. The summed E-state index contributed by atoms with van der Waals surface area (Å²) in [6.45, 7) is 3.36. The molecule has 2 aromatic carbocycles. The molecule has 4 nitrogen and oxygen atoms in total. The molecule has 0 amide bonds. The summed E-state index contributed by atoms with van der Waals surface area (Å²) in [5.41, 5.74) is 4.03. The van der Waals surface area contributed by atoms with Crippen molar-refractivity contribution in [2.45, 2.75) is 38.5 Å². The van der Waals surface area contributed by atoms with E-state index in [1.807, 2.05) is 36.4 Å². The van der Waals surface area contributed by atoms with E-state index in [0.717, 1.165) is 87.5 Å². The van der Waals surface area contributed by atoms with Crippen molar-refractivity contribution >= 4 is 30.0 Å². The van der Waals surface area contributed by atoms with Crippen molar-refractivity contribution in [2.75, 3.05) is 26.2 Å². The van der Waals surface area contributed by atoms with E-state index in [1.165, 1.54) is 0 Å². The van der Waals surface area contributed by atoms with Gasteiger partial charge < -0.3 is 38.5 Å². The van der Waals surface area contributed by atoms with Crippen molar-refractivity contribution in [3.8, 4) is 0 Å². The van der Waals surface area contributed by atoms with Crippen LogP contribution in [0.25, 0.3) is 21.3 Å². The Morgan fingerprint density at radius 1 is 0.559 bits per heavy atom. The quantitative estimate of drug-likeness (QED) is 0.189. The third-order valence-corrected chi connectivity index (χ3v) is 4.75. The minimum Gasteiger partial charge on any atom is -0.662 e. The molecule has 0 saturated heterocycles. The first-order valence-corrected chi connectivity index (χ1v) is 11.4. The normalized spacial score (nSPS) is 15.2. The van der Waals surface area contributed by atoms with Crippen LogP contribution in [-0.2, 0) is 16.8 Å². The minimum absolute atomic E-state index is 0. The molecule has 0 aromatic heterocycles. The molecule has 186 valence electrons. The molecule has 0 aliphatic carbocycles. The van der Waals surface area contributed by atoms with Crippen LogP contribution in [0.2, 0.25) is 0 Å². The zero-order chi connectivity index (χ0) is 23.8. The van der Waals surface area contributed by atoms with Crippen LogP contribution < -0.4 is 0 Å². The van der Waals surface area contributed by atoms with E-state index >= 15 is 0 Å². The Hall–Kier alpha value is -2.33. The summed E-state index contributed by atoms with van der Waals surface area (Å²) in [6.07, 6.45) is 6.56. The van der Waals surface area contributed by atoms with E-state index in [2.05, 4.69) is 24.3 Å². The SMILES string of the molecule is F[B-](F)(F)F.[Co+3].c1ccc2[c+](cc1)[N-]CCCCC[N-][c+]1cccccc1[N-]CCCCC[N-]2. The van der Waals surface area contributed by atoms with Gasteiger partial charge in [0.1, 0.15) is 0 Å². The maximum absolute atomic E-state index is 9.75. The number of rotatable bonds is 0. The third-order valence-electron chi connectivity index (χ3n) is 4.75. The second-order valence-corrected chi connectivity index (χ2v) is 7.51. The van der Waals surface area contributed by atoms with Crippen LogP contribution in [0, 0.1) is 0 Å². The molecule has 0 unspecified atom stereocenters. The Morgan fingerprint density at radius 3 is 1.35 bits per heavy atom. The number of halogens is 4. The zero-order valence-corrected chi connectivity index (χ0v) is 20.1. The van der Waals surface area contributed by atoms with Gasteiger partial charge in [0.2, 0.25) is 0 Å². The molecular formula is C24H30BCoF4N4. The van der Waals surface area contributed by atoms with Gasteiger partial charge in [0.05, 0.1) is 0 Å². The van der Waals surface area contributed by atoms with Crippen molar-refractivity contribution < 1.29 is 34.0 Å². The van der Waals surface area contributed by atoms with Crippen LogP contribution in [0.15, 0.2) is 60.7 Å². The summed E-state index contributed by atoms with van der Waals surface area (Å²) in [6, 6.07) is 20.5. The maximum Gasteiger partial charge on any atom is 3.00 e. The molecule has 0 saturated carbocycles. The fourth-order valence-electron chi connectivity index (χ4n) is 3.19. The molecule has 34 heavy (non-hydrogen) atoms. The zero-order valence-electron chi connectivity index (χ0n) is 19.1. The van der Waals surface area contributed by atoms with Crippen LogP contribution in [0.5, 0.6) is 0 Å². The van der Waals surface area contributed by atoms with E-state index in [9.17, 15) is 17.3 Å². The van der Waals surface area contributed by atoms with Gasteiger partial charge in [-0.3, -0.25) is 0 Å². The van der Waals surface area contributed by atoms with Crippen molar-refractivity contribution in [2.24, 2.45) is 0 Å². The fraction of sp³-hybridized carbons (Fsp3) is 0.417. The molecule has 0 spiro atoms. The molecular weight excluding hydrogens is 490 g/mol. The number of hydrogen-bond donors (Lipinski definition) is 0. The van der Waals surface area contributed by atoms with Crippen LogP contribution in [0.3, 0.4) is 0 Å².